The van der Waals surface area contributed by atoms with Crippen LogP contribution in [-0.2, 0) is 19.3 Å². The lowest BCUT2D eigenvalue weighted by Crippen LogP contribution is -2.60. The minimum absolute atomic E-state index is 0.157. The van der Waals surface area contributed by atoms with Crippen molar-refractivity contribution in [2.24, 2.45) is 5.92 Å². The zero-order valence-corrected chi connectivity index (χ0v) is 10.8. The molecule has 1 fully saturated rings. The van der Waals surface area contributed by atoms with Gasteiger partial charge in [-0.1, -0.05) is 13.8 Å². The number of aliphatic hydroxyl groups excluding tert-OH is 3. The second-order valence-corrected chi connectivity index (χ2v) is 5.66. The van der Waals surface area contributed by atoms with E-state index >= 15 is 0 Å². The van der Waals surface area contributed by atoms with Crippen LogP contribution in [0.3, 0.4) is 0 Å². The highest BCUT2D eigenvalue weighted by Crippen LogP contribution is 2.26. The summed E-state index contributed by atoms with van der Waals surface area (Å²) in [6.07, 6.45) is -6.17. The zero-order valence-electron chi connectivity index (χ0n) is 10.0. The Morgan fingerprint density at radius 1 is 1.17 bits per heavy atom. The highest BCUT2D eigenvalue weighted by molar-refractivity contribution is 7.80. The van der Waals surface area contributed by atoms with Gasteiger partial charge in [-0.05, 0) is 5.92 Å². The van der Waals surface area contributed by atoms with E-state index in [2.05, 4.69) is 4.18 Å². The first-order chi connectivity index (χ1) is 8.13. The summed E-state index contributed by atoms with van der Waals surface area (Å²) in [4.78, 5) is 0. The molecule has 1 heterocycles. The van der Waals surface area contributed by atoms with Crippen molar-refractivity contribution in [1.29, 1.82) is 0 Å². The topological polar surface area (TPSA) is 134 Å². The molecular formula is C9H18O8S. The van der Waals surface area contributed by atoms with E-state index in [0.29, 0.717) is 0 Å². The lowest BCUT2D eigenvalue weighted by atomic mass is 9.90. The molecule has 1 saturated heterocycles. The molecule has 0 aliphatic carbocycles. The highest BCUT2D eigenvalue weighted by Gasteiger charge is 2.45. The van der Waals surface area contributed by atoms with Crippen molar-refractivity contribution < 1.29 is 37.2 Å². The Morgan fingerprint density at radius 3 is 2.17 bits per heavy atom. The van der Waals surface area contributed by atoms with Gasteiger partial charge in [0.1, 0.15) is 24.4 Å². The summed E-state index contributed by atoms with van der Waals surface area (Å²) in [5.41, 5.74) is 0. The number of rotatable bonds is 4. The van der Waals surface area contributed by atoms with Gasteiger partial charge in [-0.3, -0.25) is 4.55 Å². The second-order valence-electron chi connectivity index (χ2n) is 4.57. The number of hydrogen-bond donors (Lipinski definition) is 4. The fraction of sp³-hybridized carbons (Fsp3) is 1.00. The van der Waals surface area contributed by atoms with E-state index in [4.69, 9.17) is 9.29 Å². The van der Waals surface area contributed by atoms with Crippen LogP contribution < -0.4 is 0 Å². The van der Waals surface area contributed by atoms with Gasteiger partial charge >= 0.3 is 10.4 Å². The average Bonchev–Trinajstić information content (AvgIpc) is 2.23. The summed E-state index contributed by atoms with van der Waals surface area (Å²) in [6.45, 7) is 2.82. The SMILES string of the molecule is CC(C)[C@@H]1OC(COS(=O)(=O)O)[C@@H](O)[C@@H](O)C1O. The summed E-state index contributed by atoms with van der Waals surface area (Å²) in [6, 6.07) is 0. The second kappa shape index (κ2) is 5.78. The van der Waals surface area contributed by atoms with Crippen molar-refractivity contribution in [3.8, 4) is 0 Å². The van der Waals surface area contributed by atoms with E-state index in [1.54, 1.807) is 13.8 Å². The summed E-state index contributed by atoms with van der Waals surface area (Å²) in [5, 5.41) is 28.9. The first kappa shape index (κ1) is 15.8. The van der Waals surface area contributed by atoms with Gasteiger partial charge in [-0.15, -0.1) is 0 Å². The van der Waals surface area contributed by atoms with Crippen molar-refractivity contribution in [3.05, 3.63) is 0 Å². The van der Waals surface area contributed by atoms with Crippen LogP contribution in [0, 0.1) is 5.92 Å². The van der Waals surface area contributed by atoms with E-state index in [0.717, 1.165) is 0 Å². The normalized spacial score (nSPS) is 38.1. The van der Waals surface area contributed by atoms with Gasteiger partial charge in [0, 0.05) is 0 Å². The molecule has 0 radical (unpaired) electrons. The third kappa shape index (κ3) is 3.85. The minimum atomic E-state index is -4.65. The van der Waals surface area contributed by atoms with Gasteiger partial charge in [0.2, 0.25) is 0 Å². The van der Waals surface area contributed by atoms with Gasteiger partial charge in [-0.2, -0.15) is 8.42 Å². The molecule has 8 nitrogen and oxygen atoms in total. The molecule has 0 saturated carbocycles. The van der Waals surface area contributed by atoms with Crippen LogP contribution in [0.1, 0.15) is 13.8 Å². The first-order valence-corrected chi connectivity index (χ1v) is 6.81. The molecule has 2 unspecified atom stereocenters. The predicted molar refractivity (Wildman–Crippen MR) is 59.0 cm³/mol. The Labute approximate surface area is 105 Å². The van der Waals surface area contributed by atoms with Crippen LogP contribution in [0.5, 0.6) is 0 Å². The van der Waals surface area contributed by atoms with Crippen molar-refractivity contribution in [2.75, 3.05) is 6.61 Å². The predicted octanol–water partition coefficient (Wildman–Crippen LogP) is -1.69. The van der Waals surface area contributed by atoms with Crippen LogP contribution in [0.4, 0.5) is 0 Å². The minimum Gasteiger partial charge on any atom is -0.388 e. The average molecular weight is 286 g/mol. The van der Waals surface area contributed by atoms with Gasteiger partial charge in [0.25, 0.3) is 0 Å². The monoisotopic (exact) mass is 286 g/mol. The van der Waals surface area contributed by atoms with Crippen molar-refractivity contribution in [3.63, 3.8) is 0 Å². The van der Waals surface area contributed by atoms with Crippen molar-refractivity contribution in [1.82, 2.24) is 0 Å². The van der Waals surface area contributed by atoms with Crippen LogP contribution in [0.15, 0.2) is 0 Å². The van der Waals surface area contributed by atoms with Gasteiger partial charge in [0.15, 0.2) is 0 Å². The molecule has 1 rings (SSSR count). The lowest BCUT2D eigenvalue weighted by Gasteiger charge is -2.41. The molecule has 0 aromatic carbocycles. The van der Waals surface area contributed by atoms with Crippen molar-refractivity contribution in [2.45, 2.75) is 44.4 Å². The smallest absolute Gasteiger partial charge is 0.388 e. The Morgan fingerprint density at radius 2 is 1.72 bits per heavy atom. The fourth-order valence-electron chi connectivity index (χ4n) is 1.82. The molecule has 0 aromatic rings. The Kier molecular flexibility index (Phi) is 5.06. The Bertz CT molecular complexity index is 367. The van der Waals surface area contributed by atoms with Gasteiger partial charge < -0.3 is 20.1 Å². The third-order valence-corrected chi connectivity index (χ3v) is 3.22. The maximum atomic E-state index is 10.4. The molecule has 9 heteroatoms. The maximum Gasteiger partial charge on any atom is 0.397 e. The number of ether oxygens (including phenoxy) is 1. The largest absolute Gasteiger partial charge is 0.397 e. The number of hydrogen-bond acceptors (Lipinski definition) is 7. The van der Waals surface area contributed by atoms with E-state index in [1.165, 1.54) is 0 Å². The molecule has 1 aliphatic rings. The Balaban J connectivity index is 2.73. The van der Waals surface area contributed by atoms with Crippen LogP contribution in [0.25, 0.3) is 0 Å². The van der Waals surface area contributed by atoms with Crippen LogP contribution >= 0.6 is 0 Å². The molecular weight excluding hydrogens is 268 g/mol. The standard InChI is InChI=1S/C9H18O8S/c1-4(2)9-8(12)7(11)6(10)5(17-9)3-16-18(13,14)15/h4-12H,3H2,1-2H3,(H,13,14,15)/t5?,6-,7-,8?,9+/m1/s1. The molecule has 18 heavy (non-hydrogen) atoms. The van der Waals surface area contributed by atoms with Crippen LogP contribution in [-0.4, -0.2) is 65.4 Å². The zero-order chi connectivity index (χ0) is 14.1. The van der Waals surface area contributed by atoms with E-state index in [1.807, 2.05) is 0 Å². The summed E-state index contributed by atoms with van der Waals surface area (Å²) >= 11 is 0. The molecule has 1 aliphatic heterocycles. The summed E-state index contributed by atoms with van der Waals surface area (Å²) < 4.78 is 38.7. The van der Waals surface area contributed by atoms with E-state index < -0.39 is 47.5 Å². The van der Waals surface area contributed by atoms with Crippen molar-refractivity contribution >= 4 is 10.4 Å². The maximum absolute atomic E-state index is 10.4. The van der Waals surface area contributed by atoms with Gasteiger partial charge in [0.05, 0.1) is 12.7 Å². The van der Waals surface area contributed by atoms with E-state index in [-0.39, 0.29) is 5.92 Å². The van der Waals surface area contributed by atoms with Gasteiger partial charge in [-0.25, -0.2) is 4.18 Å². The summed E-state index contributed by atoms with van der Waals surface area (Å²) in [7, 11) is -4.65. The molecule has 4 N–H and O–H groups in total. The Hall–Kier alpha value is -0.290. The molecule has 0 aromatic heterocycles. The highest BCUT2D eigenvalue weighted by atomic mass is 32.3. The molecule has 108 valence electrons. The van der Waals surface area contributed by atoms with E-state index in [9.17, 15) is 23.7 Å². The molecule has 0 amide bonds. The van der Waals surface area contributed by atoms with Crippen LogP contribution in [0.2, 0.25) is 0 Å². The number of aliphatic hydroxyl groups is 3. The molecule has 0 spiro atoms. The molecule has 5 atom stereocenters. The summed E-state index contributed by atoms with van der Waals surface area (Å²) in [5.74, 6) is -0.157. The quantitative estimate of drug-likeness (QED) is 0.450. The fourth-order valence-corrected chi connectivity index (χ4v) is 2.13. The first-order valence-electron chi connectivity index (χ1n) is 5.45. The third-order valence-electron chi connectivity index (χ3n) is 2.79. The lowest BCUT2D eigenvalue weighted by molar-refractivity contribution is -0.236. The molecule has 0 bridgehead atoms.